The van der Waals surface area contributed by atoms with Crippen LogP contribution in [0.5, 0.6) is 0 Å². The summed E-state index contributed by atoms with van der Waals surface area (Å²) in [5.41, 5.74) is 2.36. The Balaban J connectivity index is 1.50. The van der Waals surface area contributed by atoms with Crippen molar-refractivity contribution >= 4 is 5.91 Å². The highest BCUT2D eigenvalue weighted by Gasteiger charge is 2.07. The first-order valence-corrected chi connectivity index (χ1v) is 7.88. The quantitative estimate of drug-likeness (QED) is 0.689. The van der Waals surface area contributed by atoms with E-state index in [1.165, 1.54) is 12.4 Å². The number of carbonyl (C=O) groups is 1. The zero-order valence-electron chi connectivity index (χ0n) is 13.5. The Kier molecular flexibility index (Phi) is 5.48. The van der Waals surface area contributed by atoms with Crippen LogP contribution in [0.15, 0.2) is 61.2 Å². The Morgan fingerprint density at radius 1 is 1.04 bits per heavy atom. The second kappa shape index (κ2) is 8.16. The second-order valence-electron chi connectivity index (χ2n) is 5.44. The van der Waals surface area contributed by atoms with E-state index in [0.717, 1.165) is 11.3 Å². The van der Waals surface area contributed by atoms with Crippen molar-refractivity contribution in [2.75, 3.05) is 6.54 Å². The summed E-state index contributed by atoms with van der Waals surface area (Å²) in [5.74, 6) is -0.515. The van der Waals surface area contributed by atoms with Crippen molar-refractivity contribution in [2.24, 2.45) is 0 Å². The first-order chi connectivity index (χ1) is 12.2. The van der Waals surface area contributed by atoms with E-state index in [2.05, 4.69) is 20.7 Å². The topological polar surface area (TPSA) is 71.8 Å². The average molecular weight is 339 g/mol. The number of halogens is 1. The predicted octanol–water partition coefficient (Wildman–Crippen LogP) is 1.81. The maximum Gasteiger partial charge on any atom is 0.234 e. The molecule has 7 heteroatoms. The third-order valence-corrected chi connectivity index (χ3v) is 3.69. The van der Waals surface area contributed by atoms with E-state index in [1.54, 1.807) is 29.2 Å². The number of rotatable bonds is 7. The molecule has 25 heavy (non-hydrogen) atoms. The van der Waals surface area contributed by atoms with Crippen LogP contribution in [0.4, 0.5) is 4.39 Å². The van der Waals surface area contributed by atoms with Gasteiger partial charge in [0, 0.05) is 18.7 Å². The summed E-state index contributed by atoms with van der Waals surface area (Å²) in [4.78, 5) is 15.9. The van der Waals surface area contributed by atoms with E-state index >= 15 is 0 Å². The number of amides is 1. The third kappa shape index (κ3) is 4.48. The van der Waals surface area contributed by atoms with E-state index in [9.17, 15) is 9.18 Å². The molecule has 0 aliphatic carbocycles. The molecule has 0 fully saturated rings. The normalized spacial score (nSPS) is 10.6. The molecule has 0 aliphatic rings. The minimum absolute atomic E-state index is 0.139. The molecule has 2 aromatic carbocycles. The lowest BCUT2D eigenvalue weighted by Crippen LogP contribution is -2.33. The molecule has 0 bridgehead atoms. The van der Waals surface area contributed by atoms with Crippen molar-refractivity contribution in [3.8, 4) is 5.69 Å². The maximum absolute atomic E-state index is 13.5. The number of carbonyl (C=O) groups excluding carboxylic acids is 1. The number of para-hydroxylation sites is 1. The summed E-state index contributed by atoms with van der Waals surface area (Å²) in [7, 11) is 0. The fourth-order valence-electron chi connectivity index (χ4n) is 2.43. The Morgan fingerprint density at radius 3 is 2.56 bits per heavy atom. The molecular formula is C18H18FN5O. The van der Waals surface area contributed by atoms with Crippen LogP contribution < -0.4 is 10.6 Å². The maximum atomic E-state index is 13.5. The lowest BCUT2D eigenvalue weighted by molar-refractivity contribution is -0.120. The van der Waals surface area contributed by atoms with Gasteiger partial charge in [-0.3, -0.25) is 4.79 Å². The van der Waals surface area contributed by atoms with Crippen LogP contribution >= 0.6 is 0 Å². The fourth-order valence-corrected chi connectivity index (χ4v) is 2.43. The second-order valence-corrected chi connectivity index (χ2v) is 5.44. The molecule has 0 atom stereocenters. The lowest BCUT2D eigenvalue weighted by atomic mass is 10.2. The zero-order valence-corrected chi connectivity index (χ0v) is 13.5. The molecule has 0 unspecified atom stereocenters. The Bertz CT molecular complexity index is 835. The molecule has 1 aromatic heterocycles. The van der Waals surface area contributed by atoms with Gasteiger partial charge in [-0.05, 0) is 17.7 Å². The highest BCUT2D eigenvalue weighted by molar-refractivity contribution is 5.78. The molecule has 0 spiro atoms. The molecule has 0 radical (unpaired) electrons. The zero-order chi connectivity index (χ0) is 17.5. The van der Waals surface area contributed by atoms with Crippen LogP contribution in [0.1, 0.15) is 11.1 Å². The van der Waals surface area contributed by atoms with Crippen molar-refractivity contribution < 1.29 is 9.18 Å². The first-order valence-electron chi connectivity index (χ1n) is 7.88. The van der Waals surface area contributed by atoms with E-state index in [-0.39, 0.29) is 24.8 Å². The summed E-state index contributed by atoms with van der Waals surface area (Å²) in [6, 6.07) is 14.1. The van der Waals surface area contributed by atoms with Gasteiger partial charge in [-0.25, -0.2) is 14.1 Å². The van der Waals surface area contributed by atoms with Crippen LogP contribution in [-0.4, -0.2) is 27.2 Å². The standard InChI is InChI=1S/C18H18FN5O/c19-16-7-3-1-5-14(16)10-22-18(25)11-20-9-15-6-2-4-8-17(15)24-13-21-12-23-24/h1-8,12-13,20H,9-11H2,(H,22,25). The van der Waals surface area contributed by atoms with Crippen LogP contribution in [0, 0.1) is 5.82 Å². The van der Waals surface area contributed by atoms with Crippen LogP contribution in [0.3, 0.4) is 0 Å². The van der Waals surface area contributed by atoms with Gasteiger partial charge >= 0.3 is 0 Å². The monoisotopic (exact) mass is 339 g/mol. The van der Waals surface area contributed by atoms with Crippen molar-refractivity contribution in [3.05, 3.63) is 78.1 Å². The summed E-state index contributed by atoms with van der Waals surface area (Å²) in [6.45, 7) is 0.812. The smallest absolute Gasteiger partial charge is 0.234 e. The summed E-state index contributed by atoms with van der Waals surface area (Å²) < 4.78 is 15.2. The molecule has 2 N–H and O–H groups in total. The third-order valence-electron chi connectivity index (χ3n) is 3.69. The molecule has 1 heterocycles. The van der Waals surface area contributed by atoms with Gasteiger partial charge in [-0.1, -0.05) is 36.4 Å². The van der Waals surface area contributed by atoms with Gasteiger partial charge in [0.1, 0.15) is 18.5 Å². The number of hydrogen-bond acceptors (Lipinski definition) is 4. The van der Waals surface area contributed by atoms with E-state index in [4.69, 9.17) is 0 Å². The number of nitrogens with zero attached hydrogens (tertiary/aromatic N) is 3. The van der Waals surface area contributed by atoms with Crippen molar-refractivity contribution in [1.29, 1.82) is 0 Å². The molecule has 0 saturated heterocycles. The highest BCUT2D eigenvalue weighted by Crippen LogP contribution is 2.12. The van der Waals surface area contributed by atoms with Gasteiger partial charge in [0.05, 0.1) is 12.2 Å². The van der Waals surface area contributed by atoms with E-state index in [1.807, 2.05) is 24.3 Å². The summed E-state index contributed by atoms with van der Waals surface area (Å²) in [5, 5.41) is 9.91. The molecule has 3 rings (SSSR count). The van der Waals surface area contributed by atoms with Gasteiger partial charge in [-0.2, -0.15) is 5.10 Å². The fraction of sp³-hybridized carbons (Fsp3) is 0.167. The van der Waals surface area contributed by atoms with Crippen molar-refractivity contribution in [3.63, 3.8) is 0 Å². The summed E-state index contributed by atoms with van der Waals surface area (Å²) >= 11 is 0. The molecule has 6 nitrogen and oxygen atoms in total. The van der Waals surface area contributed by atoms with E-state index < -0.39 is 0 Å². The molecule has 0 aliphatic heterocycles. The van der Waals surface area contributed by atoms with Crippen LogP contribution in [0.25, 0.3) is 5.69 Å². The van der Waals surface area contributed by atoms with Gasteiger partial charge in [0.25, 0.3) is 0 Å². The molecule has 1 amide bonds. The van der Waals surface area contributed by atoms with Crippen LogP contribution in [-0.2, 0) is 17.9 Å². The summed E-state index contributed by atoms with van der Waals surface area (Å²) in [6.07, 6.45) is 3.10. The molecular weight excluding hydrogens is 321 g/mol. The number of aromatic nitrogens is 3. The van der Waals surface area contributed by atoms with Crippen molar-refractivity contribution in [2.45, 2.75) is 13.1 Å². The number of nitrogens with one attached hydrogen (secondary N) is 2. The Morgan fingerprint density at radius 2 is 1.80 bits per heavy atom. The largest absolute Gasteiger partial charge is 0.351 e. The lowest BCUT2D eigenvalue weighted by Gasteiger charge is -2.10. The average Bonchev–Trinajstić information content (AvgIpc) is 3.16. The van der Waals surface area contributed by atoms with E-state index in [0.29, 0.717) is 12.1 Å². The Hall–Kier alpha value is -3.06. The van der Waals surface area contributed by atoms with Gasteiger partial charge in [-0.15, -0.1) is 0 Å². The minimum Gasteiger partial charge on any atom is -0.351 e. The van der Waals surface area contributed by atoms with Gasteiger partial charge in [0.15, 0.2) is 0 Å². The Labute approximate surface area is 144 Å². The minimum atomic E-state index is -0.322. The first kappa shape index (κ1) is 16.8. The SMILES string of the molecule is O=C(CNCc1ccccc1-n1cncn1)NCc1ccccc1F. The van der Waals surface area contributed by atoms with Crippen molar-refractivity contribution in [1.82, 2.24) is 25.4 Å². The van der Waals surface area contributed by atoms with Crippen LogP contribution in [0.2, 0.25) is 0 Å². The number of hydrogen-bond donors (Lipinski definition) is 2. The number of benzene rings is 2. The highest BCUT2D eigenvalue weighted by atomic mass is 19.1. The predicted molar refractivity (Wildman–Crippen MR) is 91.3 cm³/mol. The van der Waals surface area contributed by atoms with Gasteiger partial charge < -0.3 is 10.6 Å². The molecule has 0 saturated carbocycles. The van der Waals surface area contributed by atoms with Gasteiger partial charge in [0.2, 0.25) is 5.91 Å². The molecule has 128 valence electrons. The molecule has 3 aromatic rings.